The summed E-state index contributed by atoms with van der Waals surface area (Å²) in [5.41, 5.74) is 1.84. The van der Waals surface area contributed by atoms with E-state index < -0.39 is 0 Å². The number of rotatable bonds is 6. The van der Waals surface area contributed by atoms with Crippen LogP contribution in [0.4, 0.5) is 0 Å². The van der Waals surface area contributed by atoms with Gasteiger partial charge in [0.05, 0.1) is 5.52 Å². The topological polar surface area (TPSA) is 54.2 Å². The van der Waals surface area contributed by atoms with Crippen LogP contribution in [0.3, 0.4) is 0 Å². The van der Waals surface area contributed by atoms with Crippen LogP contribution in [0.25, 0.3) is 11.2 Å². The highest BCUT2D eigenvalue weighted by Crippen LogP contribution is 2.18. The van der Waals surface area contributed by atoms with E-state index in [-0.39, 0.29) is 6.61 Å². The lowest BCUT2D eigenvalue weighted by atomic mass is 10.2. The van der Waals surface area contributed by atoms with Gasteiger partial charge in [-0.15, -0.1) is 0 Å². The number of nitrogens with zero attached hydrogens (tertiary/aromatic N) is 4. The number of halogens is 1. The van der Waals surface area contributed by atoms with Crippen molar-refractivity contribution in [1.82, 2.24) is 19.4 Å². The van der Waals surface area contributed by atoms with Gasteiger partial charge in [0.15, 0.2) is 5.65 Å². The minimum Gasteiger partial charge on any atom is -0.396 e. The first-order valence-electron chi connectivity index (χ1n) is 6.82. The Balaban J connectivity index is 2.13. The molecule has 0 bridgehead atoms. The molecule has 0 spiro atoms. The van der Waals surface area contributed by atoms with Crippen LogP contribution in [0.15, 0.2) is 16.7 Å². The van der Waals surface area contributed by atoms with Crippen LogP contribution in [-0.2, 0) is 6.54 Å². The van der Waals surface area contributed by atoms with Crippen molar-refractivity contribution < 1.29 is 5.11 Å². The molecule has 20 heavy (non-hydrogen) atoms. The Bertz CT molecular complexity index is 584. The zero-order valence-electron chi connectivity index (χ0n) is 12.2. The third-order valence-electron chi connectivity index (χ3n) is 3.74. The number of fused-ring (bicyclic) bond motifs is 1. The SMILES string of the molecule is Cc1nc2ncc(Br)cc2n1CCN(C)C(C)CCO. The molecule has 2 aromatic rings. The summed E-state index contributed by atoms with van der Waals surface area (Å²) in [6.07, 6.45) is 2.57. The van der Waals surface area contributed by atoms with Gasteiger partial charge in [0.1, 0.15) is 5.82 Å². The Hall–Kier alpha value is -0.980. The molecule has 0 fully saturated rings. The van der Waals surface area contributed by atoms with Gasteiger partial charge >= 0.3 is 0 Å². The maximum atomic E-state index is 9.00. The molecule has 0 saturated carbocycles. The Kier molecular flexibility index (Phi) is 5.12. The van der Waals surface area contributed by atoms with Crippen LogP contribution >= 0.6 is 15.9 Å². The summed E-state index contributed by atoms with van der Waals surface area (Å²) < 4.78 is 3.16. The fraction of sp³-hybridized carbons (Fsp3) is 0.571. The molecule has 5 nitrogen and oxygen atoms in total. The standard InChI is InChI=1S/C14H21BrN4O/c1-10(4-7-20)18(3)5-6-19-11(2)17-14-13(19)8-12(15)9-16-14/h8-10,20H,4-7H2,1-3H3. The number of aryl methyl sites for hydroxylation is 1. The van der Waals surface area contributed by atoms with Gasteiger partial charge in [0, 0.05) is 36.4 Å². The van der Waals surface area contributed by atoms with Crippen molar-refractivity contribution in [2.24, 2.45) is 0 Å². The Labute approximate surface area is 127 Å². The summed E-state index contributed by atoms with van der Waals surface area (Å²) >= 11 is 3.46. The van der Waals surface area contributed by atoms with E-state index in [0.717, 1.165) is 41.0 Å². The highest BCUT2D eigenvalue weighted by molar-refractivity contribution is 9.10. The highest BCUT2D eigenvalue weighted by Gasteiger charge is 2.12. The molecule has 0 aliphatic rings. The number of pyridine rings is 1. The molecule has 1 atom stereocenters. The summed E-state index contributed by atoms with van der Waals surface area (Å²) in [6, 6.07) is 2.43. The lowest BCUT2D eigenvalue weighted by Crippen LogP contribution is -2.32. The minimum atomic E-state index is 0.232. The van der Waals surface area contributed by atoms with E-state index in [1.807, 2.05) is 6.92 Å². The molecule has 0 amide bonds. The van der Waals surface area contributed by atoms with E-state index in [1.54, 1.807) is 6.20 Å². The van der Waals surface area contributed by atoms with Gasteiger partial charge in [0.2, 0.25) is 0 Å². The van der Waals surface area contributed by atoms with Gasteiger partial charge in [-0.2, -0.15) is 0 Å². The van der Waals surface area contributed by atoms with Crippen molar-refractivity contribution in [3.63, 3.8) is 0 Å². The maximum absolute atomic E-state index is 9.00. The highest BCUT2D eigenvalue weighted by atomic mass is 79.9. The third kappa shape index (κ3) is 3.37. The van der Waals surface area contributed by atoms with Crippen LogP contribution in [0.2, 0.25) is 0 Å². The van der Waals surface area contributed by atoms with E-state index in [0.29, 0.717) is 6.04 Å². The number of hydrogen-bond donors (Lipinski definition) is 1. The second-order valence-electron chi connectivity index (χ2n) is 5.15. The average molecular weight is 341 g/mol. The number of aliphatic hydroxyl groups excluding tert-OH is 1. The zero-order valence-corrected chi connectivity index (χ0v) is 13.8. The van der Waals surface area contributed by atoms with E-state index >= 15 is 0 Å². The molecule has 2 aromatic heterocycles. The second kappa shape index (κ2) is 6.65. The van der Waals surface area contributed by atoms with Crippen molar-refractivity contribution in [3.8, 4) is 0 Å². The predicted octanol–water partition coefficient (Wildman–Crippen LogP) is 2.20. The fourth-order valence-corrected chi connectivity index (χ4v) is 2.58. The van der Waals surface area contributed by atoms with Crippen LogP contribution in [-0.4, -0.2) is 50.8 Å². The quantitative estimate of drug-likeness (QED) is 0.875. The smallest absolute Gasteiger partial charge is 0.177 e. The molecule has 0 aromatic carbocycles. The normalized spacial score (nSPS) is 13.3. The number of aliphatic hydroxyl groups is 1. The number of hydrogen-bond acceptors (Lipinski definition) is 4. The Morgan fingerprint density at radius 1 is 1.50 bits per heavy atom. The van der Waals surface area contributed by atoms with E-state index in [1.165, 1.54) is 0 Å². The van der Waals surface area contributed by atoms with Gasteiger partial charge in [-0.1, -0.05) is 0 Å². The van der Waals surface area contributed by atoms with Gasteiger partial charge in [-0.25, -0.2) is 9.97 Å². The predicted molar refractivity (Wildman–Crippen MR) is 83.8 cm³/mol. The fourth-order valence-electron chi connectivity index (χ4n) is 2.26. The molecule has 110 valence electrons. The number of imidazole rings is 1. The molecule has 0 aliphatic heterocycles. The second-order valence-corrected chi connectivity index (χ2v) is 6.06. The molecule has 0 radical (unpaired) electrons. The van der Waals surface area contributed by atoms with Crippen molar-refractivity contribution in [2.75, 3.05) is 20.2 Å². The van der Waals surface area contributed by atoms with E-state index in [4.69, 9.17) is 5.11 Å². The first-order valence-corrected chi connectivity index (χ1v) is 7.61. The van der Waals surface area contributed by atoms with Crippen LogP contribution in [0.1, 0.15) is 19.2 Å². The van der Waals surface area contributed by atoms with Crippen molar-refractivity contribution in [2.45, 2.75) is 32.9 Å². The van der Waals surface area contributed by atoms with Gasteiger partial charge in [0.25, 0.3) is 0 Å². The van der Waals surface area contributed by atoms with Crippen LogP contribution < -0.4 is 0 Å². The monoisotopic (exact) mass is 340 g/mol. The number of aromatic nitrogens is 3. The van der Waals surface area contributed by atoms with Gasteiger partial charge in [-0.05, 0) is 49.3 Å². The molecule has 0 saturated heterocycles. The molecule has 6 heteroatoms. The molecular weight excluding hydrogens is 320 g/mol. The minimum absolute atomic E-state index is 0.232. The van der Waals surface area contributed by atoms with Crippen molar-refractivity contribution in [1.29, 1.82) is 0 Å². The molecule has 1 unspecified atom stereocenters. The Morgan fingerprint density at radius 2 is 2.25 bits per heavy atom. The summed E-state index contributed by atoms with van der Waals surface area (Å²) in [7, 11) is 2.09. The van der Waals surface area contributed by atoms with Crippen molar-refractivity contribution in [3.05, 3.63) is 22.6 Å². The summed E-state index contributed by atoms with van der Waals surface area (Å²) in [6.45, 7) is 6.15. The lowest BCUT2D eigenvalue weighted by molar-refractivity contribution is 0.192. The molecule has 0 aliphatic carbocycles. The molecule has 2 rings (SSSR count). The third-order valence-corrected chi connectivity index (χ3v) is 4.17. The lowest BCUT2D eigenvalue weighted by Gasteiger charge is -2.24. The number of likely N-dealkylation sites (N-methyl/N-ethyl adjacent to an activating group) is 1. The average Bonchev–Trinajstić information content (AvgIpc) is 2.71. The molecular formula is C14H21BrN4O. The molecule has 1 N–H and O–H groups in total. The van der Waals surface area contributed by atoms with Gasteiger partial charge < -0.3 is 14.6 Å². The van der Waals surface area contributed by atoms with Gasteiger partial charge in [-0.3, -0.25) is 0 Å². The first kappa shape index (κ1) is 15.4. The largest absolute Gasteiger partial charge is 0.396 e. The summed E-state index contributed by atoms with van der Waals surface area (Å²) in [5, 5.41) is 9.00. The van der Waals surface area contributed by atoms with Crippen molar-refractivity contribution >= 4 is 27.1 Å². The molecule has 2 heterocycles. The zero-order chi connectivity index (χ0) is 14.7. The van der Waals surface area contributed by atoms with Crippen LogP contribution in [0, 0.1) is 6.92 Å². The Morgan fingerprint density at radius 3 is 2.95 bits per heavy atom. The van der Waals surface area contributed by atoms with E-state index in [9.17, 15) is 0 Å². The summed E-state index contributed by atoms with van der Waals surface area (Å²) in [4.78, 5) is 11.1. The summed E-state index contributed by atoms with van der Waals surface area (Å²) in [5.74, 6) is 0.980. The van der Waals surface area contributed by atoms with Crippen LogP contribution in [0.5, 0.6) is 0 Å². The first-order chi connectivity index (χ1) is 9.52. The maximum Gasteiger partial charge on any atom is 0.177 e. The van der Waals surface area contributed by atoms with E-state index in [2.05, 4.69) is 55.4 Å².